The van der Waals surface area contributed by atoms with E-state index in [2.05, 4.69) is 9.64 Å². The Balaban J connectivity index is 2.33. The van der Waals surface area contributed by atoms with Crippen LogP contribution in [0.3, 0.4) is 0 Å². The van der Waals surface area contributed by atoms with Crippen molar-refractivity contribution < 1.29 is 18.0 Å². The van der Waals surface area contributed by atoms with Gasteiger partial charge in [-0.25, -0.2) is 8.63 Å². The SMILES string of the molecule is COc1ccc(/C(=C/c2ccccn2)OB(F)F)cc1. The molecule has 0 unspecified atom stereocenters. The molecule has 0 spiro atoms. The molecule has 1 heterocycles. The predicted octanol–water partition coefficient (Wildman–Crippen LogP) is 3.53. The monoisotopic (exact) mass is 275 g/mol. The van der Waals surface area contributed by atoms with Gasteiger partial charge in [-0.05, 0) is 36.4 Å². The maximum atomic E-state index is 12.5. The molecule has 102 valence electrons. The van der Waals surface area contributed by atoms with Gasteiger partial charge in [-0.3, -0.25) is 4.98 Å². The number of pyridine rings is 1. The van der Waals surface area contributed by atoms with Gasteiger partial charge in [-0.2, -0.15) is 0 Å². The van der Waals surface area contributed by atoms with Crippen LogP contribution in [0.4, 0.5) is 8.63 Å². The Hall–Kier alpha value is -2.37. The first-order valence-electron chi connectivity index (χ1n) is 5.91. The molecule has 2 rings (SSSR count). The van der Waals surface area contributed by atoms with Gasteiger partial charge in [0.05, 0.1) is 12.8 Å². The molecule has 0 atom stereocenters. The second kappa shape index (κ2) is 6.70. The largest absolute Gasteiger partial charge is 0.796 e. The fourth-order valence-corrected chi connectivity index (χ4v) is 1.63. The summed E-state index contributed by atoms with van der Waals surface area (Å²) < 4.78 is 34.6. The molecule has 0 fully saturated rings. The summed E-state index contributed by atoms with van der Waals surface area (Å²) in [5.41, 5.74) is 1.07. The molecular formula is C14H12BF2NO2. The fraction of sp³-hybridized carbons (Fsp3) is 0.0714. The van der Waals surface area contributed by atoms with E-state index in [4.69, 9.17) is 4.74 Å². The minimum absolute atomic E-state index is 0.0568. The van der Waals surface area contributed by atoms with E-state index in [1.165, 1.54) is 13.2 Å². The summed E-state index contributed by atoms with van der Waals surface area (Å²) in [7, 11) is -1.36. The zero-order valence-corrected chi connectivity index (χ0v) is 10.8. The molecule has 0 aliphatic heterocycles. The highest BCUT2D eigenvalue weighted by atomic mass is 19.2. The molecule has 6 heteroatoms. The summed E-state index contributed by atoms with van der Waals surface area (Å²) >= 11 is 0. The van der Waals surface area contributed by atoms with E-state index in [1.807, 2.05) is 0 Å². The molecule has 0 radical (unpaired) electrons. The van der Waals surface area contributed by atoms with Gasteiger partial charge in [0.2, 0.25) is 0 Å². The fourth-order valence-electron chi connectivity index (χ4n) is 1.63. The quantitative estimate of drug-likeness (QED) is 0.618. The number of methoxy groups -OCH3 is 1. The highest BCUT2D eigenvalue weighted by Gasteiger charge is 2.20. The summed E-state index contributed by atoms with van der Waals surface area (Å²) in [5.74, 6) is 0.698. The van der Waals surface area contributed by atoms with E-state index < -0.39 is 7.47 Å². The number of ether oxygens (including phenoxy) is 1. The Kier molecular flexibility index (Phi) is 4.71. The lowest BCUT2D eigenvalue weighted by Crippen LogP contribution is -2.04. The molecule has 0 amide bonds. The van der Waals surface area contributed by atoms with Crippen molar-refractivity contribution in [3.05, 3.63) is 59.9 Å². The minimum atomic E-state index is -2.90. The highest BCUT2D eigenvalue weighted by molar-refractivity contribution is 6.36. The smallest absolute Gasteiger partial charge is 0.505 e. The molecule has 0 aliphatic carbocycles. The van der Waals surface area contributed by atoms with Crippen LogP contribution in [0, 0.1) is 0 Å². The van der Waals surface area contributed by atoms with E-state index in [1.54, 1.807) is 48.7 Å². The van der Waals surface area contributed by atoms with Crippen molar-refractivity contribution >= 4 is 19.3 Å². The van der Waals surface area contributed by atoms with E-state index in [-0.39, 0.29) is 5.76 Å². The number of hydrogen-bond acceptors (Lipinski definition) is 3. The molecular weight excluding hydrogens is 263 g/mol. The lowest BCUT2D eigenvalue weighted by molar-refractivity contribution is 0.398. The van der Waals surface area contributed by atoms with Crippen LogP contribution in [-0.4, -0.2) is 19.6 Å². The van der Waals surface area contributed by atoms with Crippen molar-refractivity contribution in [1.29, 1.82) is 0 Å². The molecule has 1 aromatic heterocycles. The molecule has 0 bridgehead atoms. The second-order valence-corrected chi connectivity index (χ2v) is 3.87. The number of benzene rings is 1. The number of aromatic nitrogens is 1. The summed E-state index contributed by atoms with van der Waals surface area (Å²) in [6, 6.07) is 11.9. The first kappa shape index (κ1) is 14.1. The average Bonchev–Trinajstić information content (AvgIpc) is 2.47. The molecule has 20 heavy (non-hydrogen) atoms. The molecule has 0 N–H and O–H groups in total. The minimum Gasteiger partial charge on any atom is -0.505 e. The van der Waals surface area contributed by atoms with Gasteiger partial charge in [0, 0.05) is 17.8 Å². The van der Waals surface area contributed by atoms with Crippen LogP contribution in [-0.2, 0) is 4.65 Å². The van der Waals surface area contributed by atoms with Gasteiger partial charge in [0.25, 0.3) is 0 Å². The van der Waals surface area contributed by atoms with Crippen LogP contribution in [0.2, 0.25) is 0 Å². The molecule has 3 nitrogen and oxygen atoms in total. The normalized spacial score (nSPS) is 11.1. The van der Waals surface area contributed by atoms with Crippen molar-refractivity contribution in [3.63, 3.8) is 0 Å². The Bertz CT molecular complexity index is 573. The third-order valence-electron chi connectivity index (χ3n) is 2.56. The van der Waals surface area contributed by atoms with Crippen molar-refractivity contribution in [3.8, 4) is 5.75 Å². The third-order valence-corrected chi connectivity index (χ3v) is 2.56. The highest BCUT2D eigenvalue weighted by Crippen LogP contribution is 2.22. The lowest BCUT2D eigenvalue weighted by atomic mass is 10.1. The van der Waals surface area contributed by atoms with Gasteiger partial charge < -0.3 is 9.39 Å². The average molecular weight is 275 g/mol. The van der Waals surface area contributed by atoms with Gasteiger partial charge in [-0.1, -0.05) is 6.07 Å². The number of nitrogens with zero attached hydrogens (tertiary/aromatic N) is 1. The lowest BCUT2D eigenvalue weighted by Gasteiger charge is -2.09. The van der Waals surface area contributed by atoms with Crippen molar-refractivity contribution in [2.45, 2.75) is 0 Å². The van der Waals surface area contributed by atoms with Crippen molar-refractivity contribution in [2.75, 3.05) is 7.11 Å². The van der Waals surface area contributed by atoms with Gasteiger partial charge in [0.1, 0.15) is 11.5 Å². The summed E-state index contributed by atoms with van der Waals surface area (Å²) in [6.07, 6.45) is 3.05. The Morgan fingerprint density at radius 1 is 1.15 bits per heavy atom. The van der Waals surface area contributed by atoms with Crippen LogP contribution in [0.25, 0.3) is 11.8 Å². The standard InChI is InChI=1S/C14H12BF2NO2/c1-19-13-7-5-11(6-8-13)14(20-15(16)17)10-12-4-2-3-9-18-12/h2-10H,1H3/b14-10-. The molecule has 0 aliphatic rings. The van der Waals surface area contributed by atoms with E-state index in [0.29, 0.717) is 17.0 Å². The number of hydrogen-bond donors (Lipinski definition) is 0. The Labute approximate surface area is 116 Å². The first-order valence-corrected chi connectivity index (χ1v) is 5.91. The van der Waals surface area contributed by atoms with E-state index in [0.717, 1.165) is 0 Å². The van der Waals surface area contributed by atoms with Crippen LogP contribution < -0.4 is 4.74 Å². The zero-order chi connectivity index (χ0) is 14.4. The summed E-state index contributed by atoms with van der Waals surface area (Å²) in [6.45, 7) is 0. The van der Waals surface area contributed by atoms with Gasteiger partial charge in [-0.15, -0.1) is 0 Å². The number of rotatable bonds is 5. The second-order valence-electron chi connectivity index (χ2n) is 3.87. The predicted molar refractivity (Wildman–Crippen MR) is 74.2 cm³/mol. The summed E-state index contributed by atoms with van der Waals surface area (Å²) in [5, 5.41) is 0. The zero-order valence-electron chi connectivity index (χ0n) is 10.8. The number of halogens is 2. The first-order chi connectivity index (χ1) is 9.69. The molecule has 1 aromatic carbocycles. The Morgan fingerprint density at radius 3 is 2.45 bits per heavy atom. The van der Waals surface area contributed by atoms with Crippen molar-refractivity contribution in [2.24, 2.45) is 0 Å². The molecule has 2 aromatic rings. The van der Waals surface area contributed by atoms with E-state index >= 15 is 0 Å². The van der Waals surface area contributed by atoms with E-state index in [9.17, 15) is 8.63 Å². The summed E-state index contributed by atoms with van der Waals surface area (Å²) in [4.78, 5) is 4.06. The van der Waals surface area contributed by atoms with Crippen LogP contribution in [0.5, 0.6) is 5.75 Å². The molecule has 0 saturated heterocycles. The Morgan fingerprint density at radius 2 is 1.90 bits per heavy atom. The third kappa shape index (κ3) is 3.81. The van der Waals surface area contributed by atoms with Gasteiger partial charge in [0.15, 0.2) is 0 Å². The van der Waals surface area contributed by atoms with Crippen LogP contribution in [0.15, 0.2) is 48.7 Å². The van der Waals surface area contributed by atoms with Crippen LogP contribution >= 0.6 is 0 Å². The van der Waals surface area contributed by atoms with Gasteiger partial charge >= 0.3 is 7.47 Å². The maximum Gasteiger partial charge on any atom is 0.796 e. The topological polar surface area (TPSA) is 31.4 Å². The van der Waals surface area contributed by atoms with Crippen LogP contribution in [0.1, 0.15) is 11.3 Å². The van der Waals surface area contributed by atoms with Crippen molar-refractivity contribution in [1.82, 2.24) is 4.98 Å². The molecule has 0 saturated carbocycles. The maximum absolute atomic E-state index is 12.5.